The predicted octanol–water partition coefficient (Wildman–Crippen LogP) is 2.88. The van der Waals surface area contributed by atoms with Crippen LogP contribution in [0.4, 0.5) is 0 Å². The Morgan fingerprint density at radius 3 is 2.52 bits per heavy atom. The molecule has 1 heterocycles. The number of fused-ring (bicyclic) bond motifs is 1. The van der Waals surface area contributed by atoms with Crippen LogP contribution in [-0.4, -0.2) is 31.8 Å². The molecule has 0 unspecified atom stereocenters. The highest BCUT2D eigenvalue weighted by molar-refractivity contribution is 5.98. The molecule has 2 amide bonds. The Bertz CT molecular complexity index is 866. The Morgan fingerprint density at radius 1 is 1.10 bits per heavy atom. The highest BCUT2D eigenvalue weighted by atomic mass is 16.7. The number of benzene rings is 2. The lowest BCUT2D eigenvalue weighted by atomic mass is 9.97. The van der Waals surface area contributed by atoms with Crippen LogP contribution in [0.15, 0.2) is 42.5 Å². The lowest BCUT2D eigenvalue weighted by molar-refractivity contribution is -0.124. The summed E-state index contributed by atoms with van der Waals surface area (Å²) in [5, 5.41) is 5.77. The third-order valence-electron chi connectivity index (χ3n) is 5.04. The molecule has 0 saturated carbocycles. The van der Waals surface area contributed by atoms with Crippen molar-refractivity contribution in [2.24, 2.45) is 5.92 Å². The quantitative estimate of drug-likeness (QED) is 0.714. The zero-order valence-corrected chi connectivity index (χ0v) is 16.9. The van der Waals surface area contributed by atoms with Gasteiger partial charge in [-0.1, -0.05) is 32.4 Å². The van der Waals surface area contributed by atoms with Gasteiger partial charge in [0, 0.05) is 12.1 Å². The van der Waals surface area contributed by atoms with Gasteiger partial charge in [0.1, 0.15) is 11.8 Å². The molecule has 3 rings (SSSR count). The summed E-state index contributed by atoms with van der Waals surface area (Å²) in [6, 6.07) is 11.8. The third kappa shape index (κ3) is 4.99. The summed E-state index contributed by atoms with van der Waals surface area (Å²) >= 11 is 0. The van der Waals surface area contributed by atoms with Crippen LogP contribution in [0, 0.1) is 5.92 Å². The number of nitrogens with one attached hydrogen (secondary N) is 2. The summed E-state index contributed by atoms with van der Waals surface area (Å²) in [6.07, 6.45) is 0.752. The molecular weight excluding hydrogens is 372 g/mol. The smallest absolute Gasteiger partial charge is 0.252 e. The maximum atomic E-state index is 12.8. The molecule has 0 fully saturated rings. The normalized spacial score (nSPS) is 14.0. The molecule has 1 aliphatic heterocycles. The van der Waals surface area contributed by atoms with E-state index in [9.17, 15) is 9.59 Å². The van der Waals surface area contributed by atoms with Gasteiger partial charge in [-0.15, -0.1) is 0 Å². The Kier molecular flexibility index (Phi) is 6.59. The molecule has 1 aliphatic rings. The molecule has 29 heavy (non-hydrogen) atoms. The fourth-order valence-corrected chi connectivity index (χ4v) is 3.01. The van der Waals surface area contributed by atoms with Gasteiger partial charge < -0.3 is 24.8 Å². The largest absolute Gasteiger partial charge is 0.497 e. The number of ether oxygens (including phenoxy) is 3. The number of carbonyl (C=O) groups excluding carboxylic acids is 2. The van der Waals surface area contributed by atoms with Crippen molar-refractivity contribution in [1.29, 1.82) is 0 Å². The summed E-state index contributed by atoms with van der Waals surface area (Å²) in [4.78, 5) is 25.5. The summed E-state index contributed by atoms with van der Waals surface area (Å²) in [7, 11) is 1.61. The lowest BCUT2D eigenvalue weighted by Crippen LogP contribution is -2.50. The minimum atomic E-state index is -0.642. The van der Waals surface area contributed by atoms with E-state index in [0.29, 0.717) is 23.6 Å². The molecule has 154 valence electrons. The fourth-order valence-electron chi connectivity index (χ4n) is 3.01. The Morgan fingerprint density at radius 2 is 1.83 bits per heavy atom. The molecule has 2 aromatic carbocycles. The number of carbonyl (C=O) groups is 2. The van der Waals surface area contributed by atoms with Crippen molar-refractivity contribution in [3.8, 4) is 17.2 Å². The average molecular weight is 398 g/mol. The fraction of sp³-hybridized carbons (Fsp3) is 0.364. The van der Waals surface area contributed by atoms with Crippen LogP contribution in [-0.2, 0) is 11.3 Å². The molecule has 7 heteroatoms. The second-order valence-electron chi connectivity index (χ2n) is 6.97. The first kappa shape index (κ1) is 20.5. The van der Waals surface area contributed by atoms with Gasteiger partial charge in [0.05, 0.1) is 7.11 Å². The van der Waals surface area contributed by atoms with Crippen LogP contribution in [0.1, 0.15) is 36.2 Å². The third-order valence-corrected chi connectivity index (χ3v) is 5.04. The van der Waals surface area contributed by atoms with Gasteiger partial charge in [0.15, 0.2) is 11.5 Å². The van der Waals surface area contributed by atoms with Crippen molar-refractivity contribution in [3.05, 3.63) is 53.6 Å². The Labute approximate surface area is 170 Å². The number of methoxy groups -OCH3 is 1. The Hall–Kier alpha value is -3.22. The minimum absolute atomic E-state index is 0.0242. The van der Waals surface area contributed by atoms with E-state index in [1.807, 2.05) is 38.1 Å². The van der Waals surface area contributed by atoms with Crippen molar-refractivity contribution in [2.45, 2.75) is 32.9 Å². The van der Waals surface area contributed by atoms with Crippen molar-refractivity contribution < 1.29 is 23.8 Å². The van der Waals surface area contributed by atoms with E-state index in [1.54, 1.807) is 25.3 Å². The lowest BCUT2D eigenvalue weighted by Gasteiger charge is -2.23. The van der Waals surface area contributed by atoms with E-state index < -0.39 is 6.04 Å². The maximum absolute atomic E-state index is 12.8. The summed E-state index contributed by atoms with van der Waals surface area (Å²) in [5.41, 5.74) is 1.37. The van der Waals surface area contributed by atoms with Crippen LogP contribution in [0.5, 0.6) is 17.2 Å². The highest BCUT2D eigenvalue weighted by Crippen LogP contribution is 2.32. The van der Waals surface area contributed by atoms with E-state index in [4.69, 9.17) is 14.2 Å². The van der Waals surface area contributed by atoms with Gasteiger partial charge in [-0.05, 0) is 41.8 Å². The first-order valence-corrected chi connectivity index (χ1v) is 9.63. The van der Waals surface area contributed by atoms with E-state index in [-0.39, 0.29) is 24.5 Å². The number of hydrogen-bond acceptors (Lipinski definition) is 5. The molecular formula is C22H26N2O5. The van der Waals surface area contributed by atoms with Gasteiger partial charge >= 0.3 is 0 Å². The van der Waals surface area contributed by atoms with Gasteiger partial charge in [0.25, 0.3) is 5.91 Å². The number of amides is 2. The predicted molar refractivity (Wildman–Crippen MR) is 108 cm³/mol. The zero-order valence-electron chi connectivity index (χ0n) is 16.9. The summed E-state index contributed by atoms with van der Waals surface area (Å²) in [5.74, 6) is 1.33. The topological polar surface area (TPSA) is 85.9 Å². The first-order chi connectivity index (χ1) is 14.0. The molecule has 7 nitrogen and oxygen atoms in total. The second kappa shape index (κ2) is 9.32. The van der Waals surface area contributed by atoms with Crippen molar-refractivity contribution in [3.63, 3.8) is 0 Å². The van der Waals surface area contributed by atoms with Gasteiger partial charge in [0.2, 0.25) is 12.7 Å². The van der Waals surface area contributed by atoms with Crippen molar-refractivity contribution in [2.75, 3.05) is 13.9 Å². The van der Waals surface area contributed by atoms with Crippen molar-refractivity contribution >= 4 is 11.8 Å². The molecule has 0 spiro atoms. The molecule has 0 radical (unpaired) electrons. The van der Waals surface area contributed by atoms with Gasteiger partial charge in [-0.2, -0.15) is 0 Å². The molecule has 0 aromatic heterocycles. The Balaban J connectivity index is 1.64. The molecule has 2 aromatic rings. The molecule has 0 aliphatic carbocycles. The first-order valence-electron chi connectivity index (χ1n) is 9.63. The van der Waals surface area contributed by atoms with Crippen LogP contribution < -0.4 is 24.8 Å². The molecule has 0 bridgehead atoms. The SMILES string of the molecule is CC[C@H](C)[C@H](NC(=O)c1ccc2c(c1)OCO2)C(=O)NCc1ccc(OC)cc1. The van der Waals surface area contributed by atoms with E-state index in [1.165, 1.54) is 0 Å². The average Bonchev–Trinajstić information content (AvgIpc) is 3.23. The van der Waals surface area contributed by atoms with Crippen molar-refractivity contribution in [1.82, 2.24) is 10.6 Å². The standard InChI is InChI=1S/C22H26N2O5/c1-4-14(2)20(22(26)23-12-15-5-8-17(27-3)9-6-15)24-21(25)16-7-10-18-19(11-16)29-13-28-18/h5-11,14,20H,4,12-13H2,1-3H3,(H,23,26)(H,24,25)/t14-,20-/m0/s1. The molecule has 2 atom stereocenters. The van der Waals surface area contributed by atoms with Gasteiger partial charge in [-0.25, -0.2) is 0 Å². The van der Waals surface area contributed by atoms with Crippen LogP contribution >= 0.6 is 0 Å². The number of hydrogen-bond donors (Lipinski definition) is 2. The van der Waals surface area contributed by atoms with Gasteiger partial charge in [-0.3, -0.25) is 9.59 Å². The molecule has 0 saturated heterocycles. The van der Waals surface area contributed by atoms with Crippen LogP contribution in [0.2, 0.25) is 0 Å². The molecule has 2 N–H and O–H groups in total. The zero-order chi connectivity index (χ0) is 20.8. The summed E-state index contributed by atoms with van der Waals surface area (Å²) < 4.78 is 15.7. The monoisotopic (exact) mass is 398 g/mol. The highest BCUT2D eigenvalue weighted by Gasteiger charge is 2.27. The van der Waals surface area contributed by atoms with Crippen LogP contribution in [0.3, 0.4) is 0 Å². The maximum Gasteiger partial charge on any atom is 0.252 e. The van der Waals surface area contributed by atoms with E-state index >= 15 is 0 Å². The summed E-state index contributed by atoms with van der Waals surface area (Å²) in [6.45, 7) is 4.44. The number of rotatable bonds is 8. The van der Waals surface area contributed by atoms with Crippen LogP contribution in [0.25, 0.3) is 0 Å². The van der Waals surface area contributed by atoms with E-state index in [0.717, 1.165) is 17.7 Å². The van der Waals surface area contributed by atoms with E-state index in [2.05, 4.69) is 10.6 Å². The minimum Gasteiger partial charge on any atom is -0.497 e. The second-order valence-corrected chi connectivity index (χ2v) is 6.97.